The standard InChI is InChI=1S/C17H26O2/c1-2-3-4-5-6-10-16(18)15-12-14-9-7-8-11-17(14)19-13-15/h7-9,11,15-16,18H,2-6,10,12-13H2,1H3. The Labute approximate surface area is 116 Å². The molecule has 0 radical (unpaired) electrons. The Morgan fingerprint density at radius 2 is 2.00 bits per heavy atom. The van der Waals surface area contributed by atoms with E-state index in [9.17, 15) is 5.11 Å². The summed E-state index contributed by atoms with van der Waals surface area (Å²) in [6.07, 6.45) is 7.93. The van der Waals surface area contributed by atoms with Gasteiger partial charge in [0.2, 0.25) is 0 Å². The number of para-hydroxylation sites is 1. The number of hydrogen-bond acceptors (Lipinski definition) is 2. The van der Waals surface area contributed by atoms with Crippen molar-refractivity contribution in [2.75, 3.05) is 6.61 Å². The van der Waals surface area contributed by atoms with E-state index in [1.165, 1.54) is 31.2 Å². The molecule has 1 aliphatic rings. The number of fused-ring (bicyclic) bond motifs is 1. The number of unbranched alkanes of at least 4 members (excludes halogenated alkanes) is 4. The third-order valence-corrected chi connectivity index (χ3v) is 4.06. The lowest BCUT2D eigenvalue weighted by Crippen LogP contribution is -2.31. The first-order valence-corrected chi connectivity index (χ1v) is 7.70. The van der Waals surface area contributed by atoms with E-state index in [0.717, 1.165) is 25.0 Å². The summed E-state index contributed by atoms with van der Waals surface area (Å²) in [6.45, 7) is 2.89. The van der Waals surface area contributed by atoms with Crippen molar-refractivity contribution in [1.29, 1.82) is 0 Å². The van der Waals surface area contributed by atoms with Gasteiger partial charge in [0.25, 0.3) is 0 Å². The highest BCUT2D eigenvalue weighted by molar-refractivity contribution is 5.35. The molecule has 106 valence electrons. The molecule has 0 amide bonds. The van der Waals surface area contributed by atoms with Crippen LogP contribution in [-0.2, 0) is 6.42 Å². The number of rotatable bonds is 7. The predicted molar refractivity (Wildman–Crippen MR) is 78.5 cm³/mol. The molecule has 2 heteroatoms. The van der Waals surface area contributed by atoms with Crippen LogP contribution >= 0.6 is 0 Å². The van der Waals surface area contributed by atoms with E-state index in [2.05, 4.69) is 13.0 Å². The molecule has 0 saturated heterocycles. The Hall–Kier alpha value is -1.02. The zero-order valence-electron chi connectivity index (χ0n) is 12.0. The normalized spacial score (nSPS) is 19.6. The maximum Gasteiger partial charge on any atom is 0.122 e. The highest BCUT2D eigenvalue weighted by Crippen LogP contribution is 2.29. The molecule has 2 nitrogen and oxygen atoms in total. The molecule has 2 atom stereocenters. The second kappa shape index (κ2) is 7.54. The van der Waals surface area contributed by atoms with E-state index in [-0.39, 0.29) is 12.0 Å². The topological polar surface area (TPSA) is 29.5 Å². The Morgan fingerprint density at radius 3 is 2.84 bits per heavy atom. The van der Waals surface area contributed by atoms with Crippen LogP contribution < -0.4 is 4.74 Å². The Morgan fingerprint density at radius 1 is 1.21 bits per heavy atom. The monoisotopic (exact) mass is 262 g/mol. The van der Waals surface area contributed by atoms with Gasteiger partial charge in [0.1, 0.15) is 5.75 Å². The van der Waals surface area contributed by atoms with Crippen LogP contribution in [0.3, 0.4) is 0 Å². The second-order valence-electron chi connectivity index (χ2n) is 5.65. The first kappa shape index (κ1) is 14.4. The van der Waals surface area contributed by atoms with Gasteiger partial charge in [-0.15, -0.1) is 0 Å². The molecule has 0 bridgehead atoms. The van der Waals surface area contributed by atoms with Crippen molar-refractivity contribution < 1.29 is 9.84 Å². The Bertz CT molecular complexity index is 375. The zero-order valence-corrected chi connectivity index (χ0v) is 12.0. The zero-order chi connectivity index (χ0) is 13.5. The van der Waals surface area contributed by atoms with E-state index >= 15 is 0 Å². The van der Waals surface area contributed by atoms with E-state index in [0.29, 0.717) is 6.61 Å². The van der Waals surface area contributed by atoms with Crippen LogP contribution in [0.1, 0.15) is 51.0 Å². The van der Waals surface area contributed by atoms with Gasteiger partial charge in [-0.25, -0.2) is 0 Å². The maximum absolute atomic E-state index is 10.3. The third-order valence-electron chi connectivity index (χ3n) is 4.06. The van der Waals surface area contributed by atoms with Gasteiger partial charge in [-0.3, -0.25) is 0 Å². The van der Waals surface area contributed by atoms with Crippen molar-refractivity contribution in [3.05, 3.63) is 29.8 Å². The summed E-state index contributed by atoms with van der Waals surface area (Å²) in [5, 5.41) is 10.3. The molecule has 0 aromatic heterocycles. The van der Waals surface area contributed by atoms with Gasteiger partial charge in [0.15, 0.2) is 0 Å². The van der Waals surface area contributed by atoms with Crippen LogP contribution in [-0.4, -0.2) is 17.8 Å². The SMILES string of the molecule is CCCCCCCC(O)C1COc2ccccc2C1. The quantitative estimate of drug-likeness (QED) is 0.754. The second-order valence-corrected chi connectivity index (χ2v) is 5.65. The van der Waals surface area contributed by atoms with Crippen molar-refractivity contribution in [3.8, 4) is 5.75 Å². The summed E-state index contributed by atoms with van der Waals surface area (Å²) in [4.78, 5) is 0. The number of hydrogen-bond donors (Lipinski definition) is 1. The molecule has 1 aromatic rings. The fourth-order valence-electron chi connectivity index (χ4n) is 2.79. The van der Waals surface area contributed by atoms with Crippen LogP contribution in [0.4, 0.5) is 0 Å². The largest absolute Gasteiger partial charge is 0.493 e. The summed E-state index contributed by atoms with van der Waals surface area (Å²) in [5.74, 6) is 1.26. The highest BCUT2D eigenvalue weighted by Gasteiger charge is 2.25. The predicted octanol–water partition coefficient (Wildman–Crippen LogP) is 3.96. The summed E-state index contributed by atoms with van der Waals surface area (Å²) in [5.41, 5.74) is 1.24. The van der Waals surface area contributed by atoms with Gasteiger partial charge in [-0.05, 0) is 24.5 Å². The van der Waals surface area contributed by atoms with Crippen molar-refractivity contribution >= 4 is 0 Å². The average Bonchev–Trinajstić information content (AvgIpc) is 2.46. The van der Waals surface area contributed by atoms with Crippen molar-refractivity contribution in [3.63, 3.8) is 0 Å². The lowest BCUT2D eigenvalue weighted by atomic mass is 9.89. The van der Waals surface area contributed by atoms with E-state index in [1.807, 2.05) is 18.2 Å². The molecule has 0 aliphatic carbocycles. The van der Waals surface area contributed by atoms with Crippen LogP contribution in [0.15, 0.2) is 24.3 Å². The smallest absolute Gasteiger partial charge is 0.122 e. The fraction of sp³-hybridized carbons (Fsp3) is 0.647. The fourth-order valence-corrected chi connectivity index (χ4v) is 2.79. The first-order valence-electron chi connectivity index (χ1n) is 7.70. The molecule has 1 aliphatic heterocycles. The number of aliphatic hydroxyl groups excluding tert-OH is 1. The molecule has 0 fully saturated rings. The third kappa shape index (κ3) is 4.24. The number of benzene rings is 1. The molecule has 0 spiro atoms. The van der Waals surface area contributed by atoms with Crippen LogP contribution in [0.25, 0.3) is 0 Å². The minimum absolute atomic E-state index is 0.213. The number of aliphatic hydroxyl groups is 1. The van der Waals surface area contributed by atoms with Crippen LogP contribution in [0, 0.1) is 5.92 Å². The lowest BCUT2D eigenvalue weighted by molar-refractivity contribution is 0.0568. The molecule has 2 rings (SSSR count). The summed E-state index contributed by atoms with van der Waals surface area (Å²) < 4.78 is 5.74. The molecule has 1 heterocycles. The van der Waals surface area contributed by atoms with Gasteiger partial charge < -0.3 is 9.84 Å². The molecule has 1 N–H and O–H groups in total. The number of ether oxygens (including phenoxy) is 1. The molecule has 0 saturated carbocycles. The van der Waals surface area contributed by atoms with Crippen LogP contribution in [0.2, 0.25) is 0 Å². The summed E-state index contributed by atoms with van der Waals surface area (Å²) >= 11 is 0. The minimum Gasteiger partial charge on any atom is -0.493 e. The van der Waals surface area contributed by atoms with E-state index in [1.54, 1.807) is 0 Å². The maximum atomic E-state index is 10.3. The van der Waals surface area contributed by atoms with E-state index < -0.39 is 0 Å². The van der Waals surface area contributed by atoms with Gasteiger partial charge in [0, 0.05) is 5.92 Å². The molecule has 1 aromatic carbocycles. The van der Waals surface area contributed by atoms with E-state index in [4.69, 9.17) is 4.74 Å². The summed E-state index contributed by atoms with van der Waals surface area (Å²) in [6, 6.07) is 8.17. The minimum atomic E-state index is -0.213. The van der Waals surface area contributed by atoms with Crippen molar-refractivity contribution in [2.24, 2.45) is 5.92 Å². The first-order chi connectivity index (χ1) is 9.31. The molecular formula is C17H26O2. The molecule has 2 unspecified atom stereocenters. The van der Waals surface area contributed by atoms with Crippen molar-refractivity contribution in [1.82, 2.24) is 0 Å². The van der Waals surface area contributed by atoms with Gasteiger partial charge in [-0.2, -0.15) is 0 Å². The molecular weight excluding hydrogens is 236 g/mol. The van der Waals surface area contributed by atoms with Crippen LogP contribution in [0.5, 0.6) is 5.75 Å². The molecule has 19 heavy (non-hydrogen) atoms. The highest BCUT2D eigenvalue weighted by atomic mass is 16.5. The van der Waals surface area contributed by atoms with Gasteiger partial charge in [-0.1, -0.05) is 57.2 Å². The Balaban J connectivity index is 1.74. The Kier molecular flexibility index (Phi) is 5.71. The lowest BCUT2D eigenvalue weighted by Gasteiger charge is -2.28. The van der Waals surface area contributed by atoms with Gasteiger partial charge >= 0.3 is 0 Å². The average molecular weight is 262 g/mol. The van der Waals surface area contributed by atoms with Gasteiger partial charge in [0.05, 0.1) is 12.7 Å². The summed E-state index contributed by atoms with van der Waals surface area (Å²) in [7, 11) is 0. The van der Waals surface area contributed by atoms with Crippen molar-refractivity contribution in [2.45, 2.75) is 58.0 Å².